The zero-order valence-corrected chi connectivity index (χ0v) is 9.66. The molecule has 1 aromatic carbocycles. The second-order valence-electron chi connectivity index (χ2n) is 3.03. The van der Waals surface area contributed by atoms with E-state index in [1.807, 2.05) is 24.3 Å². The van der Waals surface area contributed by atoms with Crippen LogP contribution >= 0.6 is 15.9 Å². The summed E-state index contributed by atoms with van der Waals surface area (Å²) in [5.74, 6) is -1.02. The van der Waals surface area contributed by atoms with Crippen LogP contribution in [0.4, 0.5) is 0 Å². The summed E-state index contributed by atoms with van der Waals surface area (Å²) in [7, 11) is 0. The van der Waals surface area contributed by atoms with Crippen molar-refractivity contribution in [1.29, 1.82) is 0 Å². The highest BCUT2D eigenvalue weighted by molar-refractivity contribution is 9.10. The number of halogens is 1. The average molecular weight is 271 g/mol. The highest BCUT2D eigenvalue weighted by Gasteiger charge is 2.03. The van der Waals surface area contributed by atoms with Crippen molar-refractivity contribution in [2.45, 2.75) is 6.61 Å². The third-order valence-electron chi connectivity index (χ3n) is 1.76. The van der Waals surface area contributed by atoms with E-state index in [-0.39, 0.29) is 12.2 Å². The zero-order chi connectivity index (χ0) is 11.3. The Morgan fingerprint density at radius 3 is 2.53 bits per heavy atom. The van der Waals surface area contributed by atoms with Gasteiger partial charge in [-0.15, -0.1) is 0 Å². The maximum absolute atomic E-state index is 10.4. The van der Waals surface area contributed by atoms with Crippen molar-refractivity contribution < 1.29 is 14.6 Å². The van der Waals surface area contributed by atoms with E-state index in [0.717, 1.165) is 10.0 Å². The molecule has 0 unspecified atom stereocenters. The van der Waals surface area contributed by atoms with Crippen molar-refractivity contribution in [1.82, 2.24) is 0 Å². The van der Waals surface area contributed by atoms with Crippen molar-refractivity contribution in [3.8, 4) is 0 Å². The smallest absolute Gasteiger partial charge is 0.333 e. The molecule has 3 nitrogen and oxygen atoms in total. The molecule has 0 aromatic heterocycles. The van der Waals surface area contributed by atoms with E-state index in [0.29, 0.717) is 6.61 Å². The number of carboxylic acids is 1. The van der Waals surface area contributed by atoms with Gasteiger partial charge in [-0.2, -0.15) is 0 Å². The van der Waals surface area contributed by atoms with Gasteiger partial charge in [-0.1, -0.05) is 34.6 Å². The molecular weight excluding hydrogens is 260 g/mol. The van der Waals surface area contributed by atoms with Crippen LogP contribution in [-0.4, -0.2) is 17.7 Å². The second kappa shape index (κ2) is 5.68. The number of carboxylic acid groups (broad SMARTS) is 1. The Morgan fingerprint density at radius 1 is 1.40 bits per heavy atom. The van der Waals surface area contributed by atoms with Crippen LogP contribution in [0.25, 0.3) is 0 Å². The third kappa shape index (κ3) is 4.27. The lowest BCUT2D eigenvalue weighted by atomic mass is 10.2. The van der Waals surface area contributed by atoms with E-state index in [1.54, 1.807) is 0 Å². The first-order chi connectivity index (χ1) is 7.09. The fourth-order valence-electron chi connectivity index (χ4n) is 0.934. The van der Waals surface area contributed by atoms with E-state index < -0.39 is 5.97 Å². The minimum Gasteiger partial charge on any atom is -0.478 e. The second-order valence-corrected chi connectivity index (χ2v) is 3.94. The van der Waals surface area contributed by atoms with E-state index in [9.17, 15) is 4.79 Å². The van der Waals surface area contributed by atoms with Crippen LogP contribution in [0.15, 0.2) is 40.9 Å². The van der Waals surface area contributed by atoms with Crippen LogP contribution in [-0.2, 0) is 16.1 Å². The number of hydrogen-bond donors (Lipinski definition) is 1. The minimum atomic E-state index is -1.02. The lowest BCUT2D eigenvalue weighted by Gasteiger charge is -2.04. The van der Waals surface area contributed by atoms with Gasteiger partial charge in [0.1, 0.15) is 0 Å². The molecule has 1 N–H and O–H groups in total. The first kappa shape index (κ1) is 11.9. The van der Waals surface area contributed by atoms with Crippen LogP contribution in [0.1, 0.15) is 5.56 Å². The maximum atomic E-state index is 10.4. The first-order valence-corrected chi connectivity index (χ1v) is 5.12. The van der Waals surface area contributed by atoms with Crippen LogP contribution in [0.2, 0.25) is 0 Å². The highest BCUT2D eigenvalue weighted by atomic mass is 79.9. The Hall–Kier alpha value is -1.13. The van der Waals surface area contributed by atoms with Gasteiger partial charge >= 0.3 is 5.97 Å². The van der Waals surface area contributed by atoms with E-state index >= 15 is 0 Å². The number of aliphatic carboxylic acids is 1. The molecule has 0 bridgehead atoms. The number of carbonyl (C=O) groups is 1. The molecule has 0 atom stereocenters. The molecule has 0 amide bonds. The summed E-state index contributed by atoms with van der Waals surface area (Å²) in [6.07, 6.45) is 0. The van der Waals surface area contributed by atoms with Crippen molar-refractivity contribution in [3.05, 3.63) is 46.5 Å². The summed E-state index contributed by atoms with van der Waals surface area (Å²) >= 11 is 3.32. The lowest BCUT2D eigenvalue weighted by molar-refractivity contribution is -0.133. The van der Waals surface area contributed by atoms with Gasteiger partial charge in [0.25, 0.3) is 0 Å². The summed E-state index contributed by atoms with van der Waals surface area (Å²) in [4.78, 5) is 10.4. The summed E-state index contributed by atoms with van der Waals surface area (Å²) in [5, 5.41) is 8.53. The molecule has 0 heterocycles. The predicted molar refractivity (Wildman–Crippen MR) is 60.6 cm³/mol. The van der Waals surface area contributed by atoms with E-state index in [4.69, 9.17) is 9.84 Å². The monoisotopic (exact) mass is 270 g/mol. The SMILES string of the molecule is C=C(COCc1ccc(Br)cc1)C(=O)O. The van der Waals surface area contributed by atoms with Crippen molar-refractivity contribution in [2.75, 3.05) is 6.61 Å². The summed E-state index contributed by atoms with van der Waals surface area (Å²) in [5.41, 5.74) is 1.06. The van der Waals surface area contributed by atoms with Gasteiger partial charge in [0.2, 0.25) is 0 Å². The Labute approximate surface area is 96.5 Å². The number of rotatable bonds is 5. The van der Waals surface area contributed by atoms with Gasteiger partial charge < -0.3 is 9.84 Å². The quantitative estimate of drug-likeness (QED) is 0.837. The van der Waals surface area contributed by atoms with E-state index in [2.05, 4.69) is 22.5 Å². The van der Waals surface area contributed by atoms with Crippen molar-refractivity contribution in [2.24, 2.45) is 0 Å². The van der Waals surface area contributed by atoms with Crippen LogP contribution in [0, 0.1) is 0 Å². The molecule has 0 saturated heterocycles. The molecular formula is C11H11BrO3. The van der Waals surface area contributed by atoms with Crippen molar-refractivity contribution in [3.63, 3.8) is 0 Å². The molecule has 0 fully saturated rings. The molecule has 15 heavy (non-hydrogen) atoms. The third-order valence-corrected chi connectivity index (χ3v) is 2.29. The highest BCUT2D eigenvalue weighted by Crippen LogP contribution is 2.11. The number of benzene rings is 1. The molecule has 0 spiro atoms. The largest absolute Gasteiger partial charge is 0.478 e. The molecule has 4 heteroatoms. The van der Waals surface area contributed by atoms with Crippen LogP contribution < -0.4 is 0 Å². The Bertz CT molecular complexity index is 357. The molecule has 0 saturated carbocycles. The summed E-state index contributed by atoms with van der Waals surface area (Å²) in [6, 6.07) is 7.64. The van der Waals surface area contributed by atoms with Crippen molar-refractivity contribution >= 4 is 21.9 Å². The normalized spacial score (nSPS) is 9.93. The van der Waals surface area contributed by atoms with Gasteiger partial charge in [0.05, 0.1) is 18.8 Å². The average Bonchev–Trinajstić information content (AvgIpc) is 2.20. The standard InChI is InChI=1S/C11H11BrO3/c1-8(11(13)14)6-15-7-9-2-4-10(12)5-3-9/h2-5H,1,6-7H2,(H,13,14). The molecule has 80 valence electrons. The van der Waals surface area contributed by atoms with Gasteiger partial charge in [-0.25, -0.2) is 4.79 Å². The number of ether oxygens (including phenoxy) is 1. The van der Waals surface area contributed by atoms with Crippen LogP contribution in [0.3, 0.4) is 0 Å². The van der Waals surface area contributed by atoms with Gasteiger partial charge in [-0.3, -0.25) is 0 Å². The van der Waals surface area contributed by atoms with Gasteiger partial charge in [0, 0.05) is 4.47 Å². The Kier molecular flexibility index (Phi) is 4.52. The zero-order valence-electron chi connectivity index (χ0n) is 8.07. The predicted octanol–water partition coefficient (Wildman–Crippen LogP) is 2.61. The minimum absolute atomic E-state index is 0.0470. The van der Waals surface area contributed by atoms with Crippen LogP contribution in [0.5, 0.6) is 0 Å². The Morgan fingerprint density at radius 2 is 2.00 bits per heavy atom. The summed E-state index contributed by atoms with van der Waals surface area (Å²) in [6.45, 7) is 3.80. The lowest BCUT2D eigenvalue weighted by Crippen LogP contribution is -2.06. The molecule has 0 aliphatic rings. The number of hydrogen-bond acceptors (Lipinski definition) is 2. The van der Waals surface area contributed by atoms with E-state index in [1.165, 1.54) is 0 Å². The summed E-state index contributed by atoms with van der Waals surface area (Å²) < 4.78 is 6.19. The van der Waals surface area contributed by atoms with Gasteiger partial charge in [-0.05, 0) is 17.7 Å². The topological polar surface area (TPSA) is 46.5 Å². The fraction of sp³-hybridized carbons (Fsp3) is 0.182. The molecule has 1 rings (SSSR count). The fourth-order valence-corrected chi connectivity index (χ4v) is 1.20. The molecule has 0 aliphatic heterocycles. The first-order valence-electron chi connectivity index (χ1n) is 4.33. The maximum Gasteiger partial charge on any atom is 0.333 e. The molecule has 1 aromatic rings. The molecule has 0 radical (unpaired) electrons. The Balaban J connectivity index is 2.35. The molecule has 0 aliphatic carbocycles. The van der Waals surface area contributed by atoms with Gasteiger partial charge in [0.15, 0.2) is 0 Å².